The van der Waals surface area contributed by atoms with Gasteiger partial charge in [0, 0.05) is 18.0 Å². The summed E-state index contributed by atoms with van der Waals surface area (Å²) in [5.74, 6) is 0.853. The van der Waals surface area contributed by atoms with Crippen molar-refractivity contribution < 1.29 is 9.84 Å². The second-order valence-corrected chi connectivity index (χ2v) is 4.88. The number of benzene rings is 2. The maximum Gasteiger partial charge on any atom is 0.201 e. The number of hydrogen-bond acceptors (Lipinski definition) is 3. The monoisotopic (exact) mass is 280 g/mol. The van der Waals surface area contributed by atoms with E-state index in [9.17, 15) is 5.11 Å². The normalized spacial score (nSPS) is 10.8. The lowest BCUT2D eigenvalue weighted by Crippen LogP contribution is -2.01. The van der Waals surface area contributed by atoms with Crippen molar-refractivity contribution in [3.05, 3.63) is 59.7 Å². The molecule has 2 N–H and O–H groups in total. The van der Waals surface area contributed by atoms with Crippen LogP contribution in [0.4, 0.5) is 0 Å². The first kappa shape index (κ1) is 13.2. The van der Waals surface area contributed by atoms with E-state index in [0.29, 0.717) is 11.3 Å². The molecule has 0 aliphatic rings. The zero-order valence-corrected chi connectivity index (χ0v) is 11.9. The van der Waals surface area contributed by atoms with Gasteiger partial charge in [-0.2, -0.15) is 0 Å². The van der Waals surface area contributed by atoms with E-state index in [4.69, 9.17) is 10.1 Å². The van der Waals surface area contributed by atoms with Gasteiger partial charge in [0.1, 0.15) is 5.75 Å². The fourth-order valence-electron chi connectivity index (χ4n) is 2.53. The van der Waals surface area contributed by atoms with Crippen LogP contribution in [0.5, 0.6) is 11.6 Å². The molecule has 1 aromatic heterocycles. The molecule has 21 heavy (non-hydrogen) atoms. The van der Waals surface area contributed by atoms with E-state index in [0.717, 1.165) is 22.2 Å². The Morgan fingerprint density at radius 1 is 1.10 bits per heavy atom. The molecule has 0 unspecified atom stereocenters. The van der Waals surface area contributed by atoms with E-state index < -0.39 is 0 Å². The van der Waals surface area contributed by atoms with Crippen molar-refractivity contribution in [3.63, 3.8) is 0 Å². The van der Waals surface area contributed by atoms with Crippen molar-refractivity contribution in [2.24, 2.45) is 7.05 Å². The first-order valence-electron chi connectivity index (χ1n) is 6.63. The average Bonchev–Trinajstić information content (AvgIpc) is 2.79. The summed E-state index contributed by atoms with van der Waals surface area (Å²) < 4.78 is 6.83. The SMILES string of the molecule is COc1ccc(C(=N)c2c(O)n(C)c3ccccc23)cc1. The summed E-state index contributed by atoms with van der Waals surface area (Å²) >= 11 is 0. The number of ether oxygens (including phenoxy) is 1. The van der Waals surface area contributed by atoms with Crippen molar-refractivity contribution in [2.75, 3.05) is 7.11 Å². The summed E-state index contributed by atoms with van der Waals surface area (Å²) in [4.78, 5) is 0. The molecule has 4 heteroatoms. The zero-order valence-electron chi connectivity index (χ0n) is 11.9. The number of rotatable bonds is 3. The van der Waals surface area contributed by atoms with Gasteiger partial charge < -0.3 is 14.4 Å². The van der Waals surface area contributed by atoms with Crippen LogP contribution < -0.4 is 4.74 Å². The van der Waals surface area contributed by atoms with Gasteiger partial charge in [-0.1, -0.05) is 18.2 Å². The van der Waals surface area contributed by atoms with Gasteiger partial charge in [-0.05, 0) is 30.3 Å². The summed E-state index contributed by atoms with van der Waals surface area (Å²) in [7, 11) is 3.40. The molecule has 0 saturated heterocycles. The molecule has 0 atom stereocenters. The van der Waals surface area contributed by atoms with Gasteiger partial charge in [0.25, 0.3) is 0 Å². The molecule has 0 amide bonds. The van der Waals surface area contributed by atoms with Gasteiger partial charge in [-0.15, -0.1) is 0 Å². The summed E-state index contributed by atoms with van der Waals surface area (Å²) in [6, 6.07) is 14.9. The highest BCUT2D eigenvalue weighted by atomic mass is 16.5. The number of methoxy groups -OCH3 is 1. The second-order valence-electron chi connectivity index (χ2n) is 4.88. The van der Waals surface area contributed by atoms with Crippen LogP contribution in [0.3, 0.4) is 0 Å². The highest BCUT2D eigenvalue weighted by Crippen LogP contribution is 2.32. The third-order valence-electron chi connectivity index (χ3n) is 3.70. The third-order valence-corrected chi connectivity index (χ3v) is 3.70. The molecule has 1 heterocycles. The Balaban J connectivity index is 2.15. The van der Waals surface area contributed by atoms with Crippen LogP contribution in [0, 0.1) is 5.41 Å². The van der Waals surface area contributed by atoms with Crippen LogP contribution in [0.25, 0.3) is 10.9 Å². The Morgan fingerprint density at radius 3 is 2.43 bits per heavy atom. The molecular formula is C17H16N2O2. The van der Waals surface area contributed by atoms with Crippen molar-refractivity contribution in [2.45, 2.75) is 0 Å². The minimum Gasteiger partial charge on any atom is -0.497 e. The number of aryl methyl sites for hydroxylation is 1. The van der Waals surface area contributed by atoms with Crippen LogP contribution in [-0.2, 0) is 7.05 Å². The average molecular weight is 280 g/mol. The van der Waals surface area contributed by atoms with Crippen LogP contribution >= 0.6 is 0 Å². The number of aromatic nitrogens is 1. The van der Waals surface area contributed by atoms with Gasteiger partial charge in [0.15, 0.2) is 0 Å². The van der Waals surface area contributed by atoms with Crippen LogP contribution in [0.2, 0.25) is 0 Å². The molecule has 0 spiro atoms. The molecule has 3 aromatic rings. The molecule has 0 saturated carbocycles. The lowest BCUT2D eigenvalue weighted by Gasteiger charge is -2.06. The van der Waals surface area contributed by atoms with Crippen LogP contribution in [-0.4, -0.2) is 22.5 Å². The minimum atomic E-state index is 0.108. The van der Waals surface area contributed by atoms with Crippen molar-refractivity contribution >= 4 is 16.6 Å². The smallest absolute Gasteiger partial charge is 0.201 e. The van der Waals surface area contributed by atoms with Crippen LogP contribution in [0.1, 0.15) is 11.1 Å². The van der Waals surface area contributed by atoms with Crippen molar-refractivity contribution in [1.82, 2.24) is 4.57 Å². The lowest BCUT2D eigenvalue weighted by atomic mass is 10.0. The number of aromatic hydroxyl groups is 1. The molecule has 106 valence electrons. The van der Waals surface area contributed by atoms with Gasteiger partial charge in [0.2, 0.25) is 5.88 Å². The fourth-order valence-corrected chi connectivity index (χ4v) is 2.53. The largest absolute Gasteiger partial charge is 0.497 e. The molecule has 0 bridgehead atoms. The van der Waals surface area contributed by atoms with Gasteiger partial charge in [0.05, 0.1) is 23.9 Å². The standard InChI is InChI=1S/C17H16N2O2/c1-19-14-6-4-3-5-13(14)15(17(19)20)16(18)11-7-9-12(21-2)10-8-11/h3-10,18,20H,1-2H3. The van der Waals surface area contributed by atoms with E-state index >= 15 is 0 Å². The van der Waals surface area contributed by atoms with Crippen molar-refractivity contribution in [3.8, 4) is 11.6 Å². The maximum atomic E-state index is 10.4. The predicted molar refractivity (Wildman–Crippen MR) is 83.5 cm³/mol. The first-order valence-corrected chi connectivity index (χ1v) is 6.63. The van der Waals surface area contributed by atoms with E-state index in [-0.39, 0.29) is 5.88 Å². The topological polar surface area (TPSA) is 58.2 Å². The fraction of sp³-hybridized carbons (Fsp3) is 0.118. The molecule has 0 aliphatic heterocycles. The highest BCUT2D eigenvalue weighted by Gasteiger charge is 2.18. The predicted octanol–water partition coefficient (Wildman–Crippen LogP) is 3.31. The Kier molecular flexibility index (Phi) is 3.14. The Hall–Kier alpha value is -2.75. The van der Waals surface area contributed by atoms with Gasteiger partial charge >= 0.3 is 0 Å². The van der Waals surface area contributed by atoms with E-state index in [2.05, 4.69) is 0 Å². The van der Waals surface area contributed by atoms with E-state index in [1.165, 1.54) is 0 Å². The van der Waals surface area contributed by atoms with Gasteiger partial charge in [-0.3, -0.25) is 5.41 Å². The Bertz CT molecular complexity index is 817. The molecule has 0 fully saturated rings. The third kappa shape index (κ3) is 2.05. The van der Waals surface area contributed by atoms with E-state index in [1.54, 1.807) is 18.7 Å². The summed E-state index contributed by atoms with van der Waals surface area (Å²) in [6.45, 7) is 0. The number of fused-ring (bicyclic) bond motifs is 1. The summed E-state index contributed by atoms with van der Waals surface area (Å²) in [5.41, 5.74) is 2.50. The van der Waals surface area contributed by atoms with E-state index in [1.807, 2.05) is 48.5 Å². The van der Waals surface area contributed by atoms with Crippen molar-refractivity contribution in [1.29, 1.82) is 5.41 Å². The molecule has 2 aromatic carbocycles. The number of nitrogens with zero attached hydrogens (tertiary/aromatic N) is 1. The number of para-hydroxylation sites is 1. The zero-order chi connectivity index (χ0) is 15.0. The summed E-state index contributed by atoms with van der Waals surface area (Å²) in [6.07, 6.45) is 0. The number of hydrogen-bond donors (Lipinski definition) is 2. The molecule has 3 rings (SSSR count). The molecule has 0 radical (unpaired) electrons. The molecular weight excluding hydrogens is 264 g/mol. The quantitative estimate of drug-likeness (QED) is 0.723. The number of nitrogens with one attached hydrogen (secondary N) is 1. The Morgan fingerprint density at radius 2 is 1.76 bits per heavy atom. The van der Waals surface area contributed by atoms with Gasteiger partial charge in [-0.25, -0.2) is 0 Å². The summed E-state index contributed by atoms with van der Waals surface area (Å²) in [5, 5.41) is 19.6. The maximum absolute atomic E-state index is 10.4. The lowest BCUT2D eigenvalue weighted by molar-refractivity contribution is 0.415. The molecule has 4 nitrogen and oxygen atoms in total. The second kappa shape index (κ2) is 4.98. The first-order chi connectivity index (χ1) is 10.1. The van der Waals surface area contributed by atoms with Crippen LogP contribution in [0.15, 0.2) is 48.5 Å². The Labute approximate surface area is 122 Å². The minimum absolute atomic E-state index is 0.108. The highest BCUT2D eigenvalue weighted by molar-refractivity contribution is 6.19. The molecule has 0 aliphatic carbocycles.